The maximum absolute atomic E-state index is 12.1. The summed E-state index contributed by atoms with van der Waals surface area (Å²) in [5, 5.41) is 20.0. The Kier molecular flexibility index (Phi) is 11.2. The Morgan fingerprint density at radius 1 is 0.976 bits per heavy atom. The normalized spacial score (nSPS) is 12.7. The van der Waals surface area contributed by atoms with Crippen molar-refractivity contribution in [3.8, 4) is 16.3 Å². The second kappa shape index (κ2) is 14.8. The lowest BCUT2D eigenvalue weighted by molar-refractivity contribution is -0.197. The number of hydrogen-bond acceptors (Lipinski definition) is 9. The molecule has 4 aromatic rings. The molecular weight excluding hydrogens is 540 g/mol. The number of rotatable bonds is 7. The molecule has 2 amide bonds. The maximum Gasteiger partial charge on any atom is 0.333 e. The highest BCUT2D eigenvalue weighted by Gasteiger charge is 2.32. The van der Waals surface area contributed by atoms with E-state index in [1.54, 1.807) is 23.5 Å². The van der Waals surface area contributed by atoms with Crippen LogP contribution in [0, 0.1) is 6.92 Å². The van der Waals surface area contributed by atoms with E-state index in [2.05, 4.69) is 23.2 Å². The SMILES string of the molecule is CC.CC.Cc1cccc2nc(-c3ccc(N=Nc4cc(CCC(=O)ON5C(=O)CCC5=O)ccc4O)cc3)sc12. The summed E-state index contributed by atoms with van der Waals surface area (Å²) in [7, 11) is 0. The van der Waals surface area contributed by atoms with Crippen LogP contribution >= 0.6 is 11.3 Å². The number of imide groups is 1. The van der Waals surface area contributed by atoms with Gasteiger partial charge in [0, 0.05) is 18.4 Å². The number of fused-ring (bicyclic) bond motifs is 1. The molecule has 0 bridgehead atoms. The van der Waals surface area contributed by atoms with Gasteiger partial charge in [-0.3, -0.25) is 9.59 Å². The average molecular weight is 575 g/mol. The quantitative estimate of drug-likeness (QED) is 0.176. The lowest BCUT2D eigenvalue weighted by Crippen LogP contribution is -2.32. The first-order valence-electron chi connectivity index (χ1n) is 13.6. The number of carbonyl (C=O) groups is 3. The number of azo groups is 1. The lowest BCUT2D eigenvalue weighted by atomic mass is 10.1. The first-order chi connectivity index (χ1) is 19.9. The Labute approximate surface area is 243 Å². The highest BCUT2D eigenvalue weighted by atomic mass is 32.1. The van der Waals surface area contributed by atoms with E-state index in [4.69, 9.17) is 9.82 Å². The van der Waals surface area contributed by atoms with Gasteiger partial charge in [0.25, 0.3) is 11.8 Å². The summed E-state index contributed by atoms with van der Waals surface area (Å²) in [5.41, 5.74) is 4.72. The van der Waals surface area contributed by atoms with Crippen molar-refractivity contribution in [1.82, 2.24) is 10.0 Å². The third-order valence-electron chi connectivity index (χ3n) is 5.86. The molecule has 0 saturated carbocycles. The van der Waals surface area contributed by atoms with Gasteiger partial charge in [0.1, 0.15) is 16.4 Å². The molecule has 1 saturated heterocycles. The van der Waals surface area contributed by atoms with Crippen molar-refractivity contribution < 1.29 is 24.3 Å². The van der Waals surface area contributed by atoms with Crippen LogP contribution in [-0.4, -0.2) is 32.9 Å². The van der Waals surface area contributed by atoms with Gasteiger partial charge < -0.3 is 9.94 Å². The zero-order valence-corrected chi connectivity index (χ0v) is 24.7. The fraction of sp³-hybridized carbons (Fsp3) is 0.290. The van der Waals surface area contributed by atoms with Crippen LogP contribution in [0.4, 0.5) is 11.4 Å². The molecular formula is C31H34N4O5S. The maximum atomic E-state index is 12.1. The molecule has 0 atom stereocenters. The van der Waals surface area contributed by atoms with Gasteiger partial charge in [-0.2, -0.15) is 5.11 Å². The largest absolute Gasteiger partial charge is 0.506 e. The number of aromatic hydroxyl groups is 1. The van der Waals surface area contributed by atoms with Gasteiger partial charge in [-0.05, 0) is 66.9 Å². The predicted octanol–water partition coefficient (Wildman–Crippen LogP) is 7.98. The summed E-state index contributed by atoms with van der Waals surface area (Å²) in [6.45, 7) is 10.1. The second-order valence-corrected chi connectivity index (χ2v) is 9.56. The van der Waals surface area contributed by atoms with Crippen LogP contribution in [0.15, 0.2) is 70.9 Å². The van der Waals surface area contributed by atoms with Crippen molar-refractivity contribution in [2.24, 2.45) is 10.2 Å². The molecule has 3 aromatic carbocycles. The Balaban J connectivity index is 0.00000111. The summed E-state index contributed by atoms with van der Waals surface area (Å²) in [5.74, 6) is -1.78. The Hall–Kier alpha value is -4.44. The zero-order valence-electron chi connectivity index (χ0n) is 23.9. The van der Waals surface area contributed by atoms with Crippen molar-refractivity contribution in [3.63, 3.8) is 0 Å². The Morgan fingerprint density at radius 3 is 2.32 bits per heavy atom. The number of hydrogen-bond donors (Lipinski definition) is 1. The van der Waals surface area contributed by atoms with Crippen LogP contribution in [0.5, 0.6) is 5.75 Å². The fourth-order valence-corrected chi connectivity index (χ4v) is 4.89. The van der Waals surface area contributed by atoms with E-state index in [1.807, 2.05) is 64.1 Å². The molecule has 1 aliphatic rings. The summed E-state index contributed by atoms with van der Waals surface area (Å²) >= 11 is 1.64. The van der Waals surface area contributed by atoms with Gasteiger partial charge in [0.05, 0.1) is 22.3 Å². The number of phenolic OH excluding ortho intramolecular Hbond substituents is 1. The van der Waals surface area contributed by atoms with Crippen LogP contribution in [-0.2, 0) is 25.6 Å². The zero-order chi connectivity index (χ0) is 29.9. The highest BCUT2D eigenvalue weighted by Crippen LogP contribution is 2.34. The fourth-order valence-electron chi connectivity index (χ4n) is 3.85. The molecule has 1 N–H and O–H groups in total. The molecule has 1 aromatic heterocycles. The van der Waals surface area contributed by atoms with Gasteiger partial charge in [-0.15, -0.1) is 21.5 Å². The minimum Gasteiger partial charge on any atom is -0.506 e. The molecule has 5 rings (SSSR count). The van der Waals surface area contributed by atoms with Crippen molar-refractivity contribution in [1.29, 1.82) is 0 Å². The minimum atomic E-state index is -0.691. The van der Waals surface area contributed by atoms with E-state index in [9.17, 15) is 19.5 Å². The summed E-state index contributed by atoms with van der Waals surface area (Å²) < 4.78 is 1.17. The first kappa shape index (κ1) is 31.1. The molecule has 0 unspecified atom stereocenters. The number of aryl methyl sites for hydroxylation is 2. The van der Waals surface area contributed by atoms with E-state index in [0.717, 1.165) is 16.1 Å². The number of phenols is 1. The molecule has 1 aliphatic heterocycles. The average Bonchev–Trinajstić information content (AvgIpc) is 3.58. The highest BCUT2D eigenvalue weighted by molar-refractivity contribution is 7.21. The van der Waals surface area contributed by atoms with Crippen LogP contribution in [0.1, 0.15) is 58.1 Å². The van der Waals surface area contributed by atoms with E-state index in [0.29, 0.717) is 16.3 Å². The van der Waals surface area contributed by atoms with E-state index >= 15 is 0 Å². The molecule has 0 aliphatic carbocycles. The van der Waals surface area contributed by atoms with Crippen molar-refractivity contribution in [2.45, 2.75) is 60.3 Å². The van der Waals surface area contributed by atoms with Gasteiger partial charge in [0.2, 0.25) is 0 Å². The van der Waals surface area contributed by atoms with Crippen LogP contribution in [0.2, 0.25) is 0 Å². The molecule has 41 heavy (non-hydrogen) atoms. The van der Waals surface area contributed by atoms with E-state index in [-0.39, 0.29) is 37.1 Å². The second-order valence-electron chi connectivity index (χ2n) is 8.56. The molecule has 214 valence electrons. The van der Waals surface area contributed by atoms with Gasteiger partial charge in [-0.25, -0.2) is 9.78 Å². The monoisotopic (exact) mass is 574 g/mol. The number of nitrogens with zero attached hydrogens (tertiary/aromatic N) is 4. The van der Waals surface area contributed by atoms with Gasteiger partial charge in [0.15, 0.2) is 0 Å². The van der Waals surface area contributed by atoms with E-state index < -0.39 is 17.8 Å². The topological polar surface area (TPSA) is 122 Å². The van der Waals surface area contributed by atoms with Crippen LogP contribution < -0.4 is 0 Å². The Morgan fingerprint density at radius 2 is 1.66 bits per heavy atom. The minimum absolute atomic E-state index is 0.0445. The van der Waals surface area contributed by atoms with Crippen LogP contribution in [0.3, 0.4) is 0 Å². The van der Waals surface area contributed by atoms with E-state index in [1.165, 1.54) is 16.3 Å². The van der Waals surface area contributed by atoms with Crippen molar-refractivity contribution >= 4 is 50.7 Å². The number of thiazole rings is 1. The van der Waals surface area contributed by atoms with Gasteiger partial charge in [-0.1, -0.05) is 45.9 Å². The van der Waals surface area contributed by atoms with Crippen molar-refractivity contribution in [3.05, 3.63) is 71.8 Å². The molecule has 1 fully saturated rings. The summed E-state index contributed by atoms with van der Waals surface area (Å²) in [6.07, 6.45) is 0.311. The predicted molar refractivity (Wildman–Crippen MR) is 160 cm³/mol. The third kappa shape index (κ3) is 7.82. The van der Waals surface area contributed by atoms with Crippen LogP contribution in [0.25, 0.3) is 20.8 Å². The summed E-state index contributed by atoms with van der Waals surface area (Å²) in [4.78, 5) is 44.8. The third-order valence-corrected chi connectivity index (χ3v) is 7.11. The Bertz CT molecular complexity index is 1530. The number of benzene rings is 3. The molecule has 9 nitrogen and oxygen atoms in total. The lowest BCUT2D eigenvalue weighted by Gasteiger charge is -2.12. The number of amides is 2. The van der Waals surface area contributed by atoms with Crippen molar-refractivity contribution in [2.75, 3.05) is 0 Å². The molecule has 2 heterocycles. The molecule has 0 radical (unpaired) electrons. The first-order valence-corrected chi connectivity index (χ1v) is 14.5. The number of aromatic nitrogens is 1. The standard InChI is InChI=1S/C27H22N4O5S.2C2H6/c1-16-3-2-4-20-26(16)37-27(28-20)18-7-9-19(10-8-18)29-30-21-15-17(5-11-22(21)32)6-14-25(35)36-31-23(33)12-13-24(31)34;2*1-2/h2-5,7-11,15,32H,6,12-14H2,1H3;2*1-2H3. The number of carbonyl (C=O) groups excluding carboxylic acids is 3. The number of hydroxylamine groups is 2. The van der Waals surface area contributed by atoms with Gasteiger partial charge >= 0.3 is 5.97 Å². The molecule has 0 spiro atoms. The smallest absolute Gasteiger partial charge is 0.333 e. The summed E-state index contributed by atoms with van der Waals surface area (Å²) in [6, 6.07) is 18.3. The molecule has 10 heteroatoms.